The Balaban J connectivity index is 1.78. The van der Waals surface area contributed by atoms with Crippen molar-refractivity contribution < 1.29 is 19.4 Å². The Kier molecular flexibility index (Phi) is 8.14. The molecular formula is C26H34N2O4. The summed E-state index contributed by atoms with van der Waals surface area (Å²) in [5, 5.41) is 12.6. The maximum atomic E-state index is 13.0. The lowest BCUT2D eigenvalue weighted by Gasteiger charge is -2.34. The van der Waals surface area contributed by atoms with Crippen molar-refractivity contribution in [3.8, 4) is 5.75 Å². The average Bonchev–Trinajstić information content (AvgIpc) is 2.78. The van der Waals surface area contributed by atoms with Gasteiger partial charge >= 0.3 is 5.97 Å². The summed E-state index contributed by atoms with van der Waals surface area (Å²) in [6, 6.07) is 13.1. The van der Waals surface area contributed by atoms with Crippen LogP contribution in [0.3, 0.4) is 0 Å². The largest absolute Gasteiger partial charge is 0.493 e. The van der Waals surface area contributed by atoms with E-state index in [0.29, 0.717) is 12.4 Å². The number of hydrogen-bond acceptors (Lipinski definition) is 4. The number of carboxylic acids is 1. The van der Waals surface area contributed by atoms with E-state index in [1.165, 1.54) is 31.0 Å². The van der Waals surface area contributed by atoms with Gasteiger partial charge in [-0.05, 0) is 61.4 Å². The fraction of sp³-hybridized carbons (Fsp3) is 0.462. The number of carbonyl (C=O) groups is 2. The Morgan fingerprint density at radius 2 is 1.81 bits per heavy atom. The molecule has 6 nitrogen and oxygen atoms in total. The van der Waals surface area contributed by atoms with Gasteiger partial charge in [0.05, 0.1) is 19.1 Å². The van der Waals surface area contributed by atoms with Crippen LogP contribution < -0.4 is 15.0 Å². The van der Waals surface area contributed by atoms with E-state index in [2.05, 4.69) is 42.3 Å². The van der Waals surface area contributed by atoms with Crippen molar-refractivity contribution in [3.63, 3.8) is 0 Å². The number of nitrogens with zero attached hydrogens (tertiary/aromatic N) is 1. The SMILES string of the molecule is CCOc1cc(CC(=O)NC(c2ccccc2N2CCCCC2)C(C)C)ccc1C(=O)O. The van der Waals surface area contributed by atoms with Crippen LogP contribution in [-0.2, 0) is 11.2 Å². The number of benzene rings is 2. The van der Waals surface area contributed by atoms with Gasteiger partial charge in [-0.3, -0.25) is 4.79 Å². The van der Waals surface area contributed by atoms with Crippen molar-refractivity contribution in [2.45, 2.75) is 52.5 Å². The van der Waals surface area contributed by atoms with E-state index in [4.69, 9.17) is 4.74 Å². The average molecular weight is 439 g/mol. The Morgan fingerprint density at radius 3 is 2.47 bits per heavy atom. The van der Waals surface area contributed by atoms with Crippen molar-refractivity contribution in [2.24, 2.45) is 5.92 Å². The number of nitrogens with one attached hydrogen (secondary N) is 1. The Labute approximate surface area is 190 Å². The molecule has 2 aromatic rings. The normalized spacial score (nSPS) is 14.8. The molecule has 1 aliphatic heterocycles. The zero-order valence-corrected chi connectivity index (χ0v) is 19.3. The number of carbonyl (C=O) groups excluding carboxylic acids is 1. The summed E-state index contributed by atoms with van der Waals surface area (Å²) in [4.78, 5) is 26.8. The summed E-state index contributed by atoms with van der Waals surface area (Å²) in [6.45, 7) is 8.49. The van der Waals surface area contributed by atoms with Crippen molar-refractivity contribution in [2.75, 3.05) is 24.6 Å². The molecule has 1 fully saturated rings. The van der Waals surface area contributed by atoms with Gasteiger partial charge in [0.1, 0.15) is 11.3 Å². The van der Waals surface area contributed by atoms with Crippen LogP contribution in [0.1, 0.15) is 67.6 Å². The molecule has 0 saturated carbocycles. The van der Waals surface area contributed by atoms with Crippen molar-refractivity contribution in [1.29, 1.82) is 0 Å². The number of para-hydroxylation sites is 1. The lowest BCUT2D eigenvalue weighted by molar-refractivity contribution is -0.121. The predicted octanol–water partition coefficient (Wildman–Crippen LogP) is 4.83. The molecule has 1 saturated heterocycles. The molecule has 1 heterocycles. The van der Waals surface area contributed by atoms with Crippen molar-refractivity contribution >= 4 is 17.6 Å². The van der Waals surface area contributed by atoms with Crippen LogP contribution in [0.4, 0.5) is 5.69 Å². The van der Waals surface area contributed by atoms with E-state index in [1.54, 1.807) is 19.1 Å². The summed E-state index contributed by atoms with van der Waals surface area (Å²) in [6.07, 6.45) is 3.82. The molecule has 0 spiro atoms. The van der Waals surface area contributed by atoms with Crippen LogP contribution in [-0.4, -0.2) is 36.7 Å². The van der Waals surface area contributed by atoms with Gasteiger partial charge in [-0.15, -0.1) is 0 Å². The van der Waals surface area contributed by atoms with Crippen LogP contribution in [0.2, 0.25) is 0 Å². The summed E-state index contributed by atoms with van der Waals surface area (Å²) in [5.41, 5.74) is 3.18. The molecule has 32 heavy (non-hydrogen) atoms. The number of amides is 1. The second-order valence-electron chi connectivity index (χ2n) is 8.64. The highest BCUT2D eigenvalue weighted by molar-refractivity contribution is 5.91. The third-order valence-electron chi connectivity index (χ3n) is 5.89. The third kappa shape index (κ3) is 5.81. The molecule has 0 aliphatic carbocycles. The Hall–Kier alpha value is -3.02. The van der Waals surface area contributed by atoms with E-state index in [-0.39, 0.29) is 29.9 Å². The van der Waals surface area contributed by atoms with E-state index in [9.17, 15) is 14.7 Å². The molecule has 6 heteroatoms. The van der Waals surface area contributed by atoms with Crippen LogP contribution >= 0.6 is 0 Å². The van der Waals surface area contributed by atoms with Gasteiger partial charge in [-0.2, -0.15) is 0 Å². The zero-order valence-electron chi connectivity index (χ0n) is 19.3. The molecule has 2 N–H and O–H groups in total. The first-order valence-corrected chi connectivity index (χ1v) is 11.5. The second kappa shape index (κ2) is 11.0. The zero-order chi connectivity index (χ0) is 23.1. The first-order chi connectivity index (χ1) is 15.4. The molecule has 1 unspecified atom stereocenters. The third-order valence-corrected chi connectivity index (χ3v) is 5.89. The smallest absolute Gasteiger partial charge is 0.339 e. The second-order valence-corrected chi connectivity index (χ2v) is 8.64. The van der Waals surface area contributed by atoms with E-state index >= 15 is 0 Å². The molecule has 2 aromatic carbocycles. The highest BCUT2D eigenvalue weighted by Gasteiger charge is 2.24. The van der Waals surface area contributed by atoms with Crippen LogP contribution in [0.5, 0.6) is 5.75 Å². The minimum Gasteiger partial charge on any atom is -0.493 e. The summed E-state index contributed by atoms with van der Waals surface area (Å²) >= 11 is 0. The number of hydrogen-bond donors (Lipinski definition) is 2. The van der Waals surface area contributed by atoms with Gasteiger partial charge in [0, 0.05) is 18.8 Å². The number of carboxylic acid groups (broad SMARTS) is 1. The predicted molar refractivity (Wildman–Crippen MR) is 127 cm³/mol. The van der Waals surface area contributed by atoms with Crippen molar-refractivity contribution in [1.82, 2.24) is 5.32 Å². The molecule has 0 bridgehead atoms. The van der Waals surface area contributed by atoms with Gasteiger partial charge in [0.25, 0.3) is 0 Å². The van der Waals surface area contributed by atoms with Gasteiger partial charge in [0.15, 0.2) is 0 Å². The molecule has 1 amide bonds. The van der Waals surface area contributed by atoms with Crippen LogP contribution in [0.25, 0.3) is 0 Å². The summed E-state index contributed by atoms with van der Waals surface area (Å²) in [5.74, 6) is -0.624. The molecule has 3 rings (SSSR count). The lowest BCUT2D eigenvalue weighted by atomic mass is 9.93. The molecule has 1 aliphatic rings. The Morgan fingerprint density at radius 1 is 1.09 bits per heavy atom. The molecular weight excluding hydrogens is 404 g/mol. The van der Waals surface area contributed by atoms with Crippen LogP contribution in [0.15, 0.2) is 42.5 Å². The number of anilines is 1. The van der Waals surface area contributed by atoms with E-state index in [1.807, 2.05) is 6.07 Å². The fourth-order valence-electron chi connectivity index (χ4n) is 4.32. The number of piperidine rings is 1. The molecule has 0 radical (unpaired) electrons. The highest BCUT2D eigenvalue weighted by Crippen LogP contribution is 2.32. The summed E-state index contributed by atoms with van der Waals surface area (Å²) in [7, 11) is 0. The van der Waals surface area contributed by atoms with Gasteiger partial charge in [-0.1, -0.05) is 38.1 Å². The minimum atomic E-state index is -1.04. The number of rotatable bonds is 9. The standard InChI is InChI=1S/C26H34N2O4/c1-4-32-23-16-19(12-13-21(23)26(30)31)17-24(29)27-25(18(2)3)20-10-6-7-11-22(20)28-14-8-5-9-15-28/h6-7,10-13,16,18,25H,4-5,8-9,14-15,17H2,1-3H3,(H,27,29)(H,30,31). The van der Waals surface area contributed by atoms with E-state index in [0.717, 1.165) is 24.2 Å². The summed E-state index contributed by atoms with van der Waals surface area (Å²) < 4.78 is 5.47. The van der Waals surface area contributed by atoms with Gasteiger partial charge < -0.3 is 20.1 Å². The Bertz CT molecular complexity index is 935. The number of aromatic carboxylic acids is 1. The first-order valence-electron chi connectivity index (χ1n) is 11.5. The van der Waals surface area contributed by atoms with Gasteiger partial charge in [0.2, 0.25) is 5.91 Å². The van der Waals surface area contributed by atoms with Gasteiger partial charge in [-0.25, -0.2) is 4.79 Å². The topological polar surface area (TPSA) is 78.9 Å². The molecule has 0 aromatic heterocycles. The maximum absolute atomic E-state index is 13.0. The molecule has 1 atom stereocenters. The quantitative estimate of drug-likeness (QED) is 0.586. The minimum absolute atomic E-state index is 0.0947. The fourth-order valence-corrected chi connectivity index (χ4v) is 4.32. The van der Waals surface area contributed by atoms with Crippen molar-refractivity contribution in [3.05, 3.63) is 59.2 Å². The number of ether oxygens (including phenoxy) is 1. The first kappa shape index (κ1) is 23.6. The maximum Gasteiger partial charge on any atom is 0.339 e. The monoisotopic (exact) mass is 438 g/mol. The van der Waals surface area contributed by atoms with E-state index < -0.39 is 5.97 Å². The molecule has 172 valence electrons. The highest BCUT2D eigenvalue weighted by atomic mass is 16.5. The van der Waals surface area contributed by atoms with Crippen LogP contribution in [0, 0.1) is 5.92 Å². The lowest BCUT2D eigenvalue weighted by Crippen LogP contribution is -2.36.